The Morgan fingerprint density at radius 1 is 0.952 bits per heavy atom. The van der Waals surface area contributed by atoms with E-state index in [1.54, 1.807) is 0 Å². The van der Waals surface area contributed by atoms with E-state index in [0.717, 1.165) is 34.1 Å². The molecule has 0 saturated heterocycles. The zero-order valence-corrected chi connectivity index (χ0v) is 12.8. The molecular formula is C17H22N2O2. The predicted molar refractivity (Wildman–Crippen MR) is 87.7 cm³/mol. The topological polar surface area (TPSA) is 56.5 Å². The molecule has 0 amide bonds. The lowest BCUT2D eigenvalue weighted by Gasteiger charge is -2.14. The van der Waals surface area contributed by atoms with Crippen molar-refractivity contribution in [3.8, 4) is 11.5 Å². The maximum absolute atomic E-state index is 5.77. The lowest BCUT2D eigenvalue weighted by molar-refractivity contribution is 0.288. The second kappa shape index (κ2) is 6.88. The smallest absolute Gasteiger partial charge is 0.163 e. The molecule has 0 aromatic heterocycles. The van der Waals surface area contributed by atoms with Crippen molar-refractivity contribution >= 4 is 17.1 Å². The third kappa shape index (κ3) is 3.81. The fourth-order valence-electron chi connectivity index (χ4n) is 2.11. The number of nitrogens with one attached hydrogen (secondary N) is 1. The molecule has 0 radical (unpaired) electrons. The summed E-state index contributed by atoms with van der Waals surface area (Å²) in [7, 11) is 0. The van der Waals surface area contributed by atoms with Crippen LogP contribution in [0.1, 0.15) is 19.4 Å². The highest BCUT2D eigenvalue weighted by Crippen LogP contribution is 2.32. The first-order valence-corrected chi connectivity index (χ1v) is 7.16. The number of nitrogen functional groups attached to an aromatic ring is 1. The lowest BCUT2D eigenvalue weighted by atomic mass is 10.1. The van der Waals surface area contributed by atoms with Gasteiger partial charge in [-0.1, -0.05) is 0 Å². The number of nitrogens with two attached hydrogens (primary N) is 1. The lowest BCUT2D eigenvalue weighted by Crippen LogP contribution is -2.00. The number of ether oxygens (including phenoxy) is 2. The molecular weight excluding hydrogens is 264 g/mol. The minimum atomic E-state index is 0.602. The van der Waals surface area contributed by atoms with Crippen LogP contribution in [0.5, 0.6) is 11.5 Å². The molecule has 0 aliphatic carbocycles. The minimum absolute atomic E-state index is 0.602. The van der Waals surface area contributed by atoms with Crippen molar-refractivity contribution in [1.82, 2.24) is 0 Å². The Balaban J connectivity index is 2.25. The fourth-order valence-corrected chi connectivity index (χ4v) is 2.11. The van der Waals surface area contributed by atoms with Gasteiger partial charge in [-0.3, -0.25) is 0 Å². The van der Waals surface area contributed by atoms with Crippen LogP contribution in [0.3, 0.4) is 0 Å². The normalized spacial score (nSPS) is 10.2. The van der Waals surface area contributed by atoms with Crippen molar-refractivity contribution in [3.63, 3.8) is 0 Å². The van der Waals surface area contributed by atoms with Gasteiger partial charge in [0.25, 0.3) is 0 Å². The number of hydrogen-bond donors (Lipinski definition) is 2. The van der Waals surface area contributed by atoms with Gasteiger partial charge in [0.15, 0.2) is 11.5 Å². The van der Waals surface area contributed by atoms with Crippen LogP contribution < -0.4 is 20.5 Å². The van der Waals surface area contributed by atoms with Gasteiger partial charge < -0.3 is 20.5 Å². The molecule has 0 saturated carbocycles. The summed E-state index contributed by atoms with van der Waals surface area (Å²) in [6.07, 6.45) is 0. The molecule has 0 fully saturated rings. The Labute approximate surface area is 125 Å². The molecule has 0 unspecified atom stereocenters. The van der Waals surface area contributed by atoms with E-state index < -0.39 is 0 Å². The molecule has 0 aliphatic heterocycles. The van der Waals surface area contributed by atoms with E-state index in [9.17, 15) is 0 Å². The molecule has 4 heteroatoms. The average Bonchev–Trinajstić information content (AvgIpc) is 2.45. The van der Waals surface area contributed by atoms with E-state index in [1.807, 2.05) is 57.2 Å². The zero-order chi connectivity index (χ0) is 15.2. The number of rotatable bonds is 6. The first kappa shape index (κ1) is 15.0. The number of hydrogen-bond acceptors (Lipinski definition) is 4. The molecule has 0 bridgehead atoms. The first-order valence-electron chi connectivity index (χ1n) is 7.16. The Morgan fingerprint density at radius 2 is 1.67 bits per heavy atom. The van der Waals surface area contributed by atoms with Crippen LogP contribution in [0.2, 0.25) is 0 Å². The van der Waals surface area contributed by atoms with E-state index in [0.29, 0.717) is 13.2 Å². The van der Waals surface area contributed by atoms with Crippen molar-refractivity contribution in [2.45, 2.75) is 20.8 Å². The summed E-state index contributed by atoms with van der Waals surface area (Å²) in [4.78, 5) is 0. The van der Waals surface area contributed by atoms with E-state index in [2.05, 4.69) is 5.32 Å². The van der Waals surface area contributed by atoms with Crippen LogP contribution >= 0.6 is 0 Å². The van der Waals surface area contributed by atoms with Gasteiger partial charge in [0, 0.05) is 23.1 Å². The van der Waals surface area contributed by atoms with Crippen molar-refractivity contribution in [2.24, 2.45) is 0 Å². The molecule has 2 rings (SSSR count). The van der Waals surface area contributed by atoms with Gasteiger partial charge in [-0.15, -0.1) is 0 Å². The quantitative estimate of drug-likeness (QED) is 0.784. The van der Waals surface area contributed by atoms with Crippen molar-refractivity contribution < 1.29 is 9.47 Å². The largest absolute Gasteiger partial charge is 0.490 e. The number of aryl methyl sites for hydroxylation is 1. The maximum Gasteiger partial charge on any atom is 0.163 e. The molecule has 0 aliphatic rings. The highest BCUT2D eigenvalue weighted by Gasteiger charge is 2.07. The average molecular weight is 286 g/mol. The molecule has 0 atom stereocenters. The molecule has 0 spiro atoms. The highest BCUT2D eigenvalue weighted by molar-refractivity contribution is 5.67. The van der Waals surface area contributed by atoms with Gasteiger partial charge in [-0.25, -0.2) is 0 Å². The summed E-state index contributed by atoms with van der Waals surface area (Å²) < 4.78 is 11.2. The Hall–Kier alpha value is -2.36. The number of anilines is 3. The Morgan fingerprint density at radius 3 is 2.33 bits per heavy atom. The van der Waals surface area contributed by atoms with Crippen molar-refractivity contribution in [1.29, 1.82) is 0 Å². The third-order valence-corrected chi connectivity index (χ3v) is 3.07. The molecule has 21 heavy (non-hydrogen) atoms. The second-order valence-corrected chi connectivity index (χ2v) is 4.73. The van der Waals surface area contributed by atoms with Crippen LogP contribution in [0, 0.1) is 6.92 Å². The van der Waals surface area contributed by atoms with E-state index in [4.69, 9.17) is 15.2 Å². The van der Waals surface area contributed by atoms with Crippen molar-refractivity contribution in [2.75, 3.05) is 24.3 Å². The monoisotopic (exact) mass is 286 g/mol. The molecule has 4 nitrogen and oxygen atoms in total. The summed E-state index contributed by atoms with van der Waals surface area (Å²) in [6.45, 7) is 7.16. The Kier molecular flexibility index (Phi) is 4.93. The third-order valence-electron chi connectivity index (χ3n) is 3.07. The summed E-state index contributed by atoms with van der Waals surface area (Å²) in [5.41, 5.74) is 9.61. The van der Waals surface area contributed by atoms with E-state index in [1.165, 1.54) is 0 Å². The number of benzene rings is 2. The van der Waals surface area contributed by atoms with Crippen molar-refractivity contribution in [3.05, 3.63) is 42.0 Å². The second-order valence-electron chi connectivity index (χ2n) is 4.73. The van der Waals surface area contributed by atoms with Gasteiger partial charge in [-0.05, 0) is 56.7 Å². The summed E-state index contributed by atoms with van der Waals surface area (Å²) in [5.74, 6) is 1.51. The predicted octanol–water partition coefficient (Wildman–Crippen LogP) is 4.12. The van der Waals surface area contributed by atoms with Gasteiger partial charge in [-0.2, -0.15) is 0 Å². The van der Waals surface area contributed by atoms with Crippen LogP contribution in [0.25, 0.3) is 0 Å². The van der Waals surface area contributed by atoms with Crippen LogP contribution in [-0.4, -0.2) is 13.2 Å². The van der Waals surface area contributed by atoms with E-state index in [-0.39, 0.29) is 0 Å². The molecule has 3 N–H and O–H groups in total. The van der Waals surface area contributed by atoms with Gasteiger partial charge in [0.2, 0.25) is 0 Å². The minimum Gasteiger partial charge on any atom is -0.490 e. The Bertz CT molecular complexity index is 612. The van der Waals surface area contributed by atoms with Gasteiger partial charge in [0.05, 0.1) is 13.2 Å². The highest BCUT2D eigenvalue weighted by atomic mass is 16.5. The zero-order valence-electron chi connectivity index (χ0n) is 12.8. The molecule has 2 aromatic rings. The van der Waals surface area contributed by atoms with Gasteiger partial charge in [0.1, 0.15) is 0 Å². The SMILES string of the molecule is CCOc1ccc(Nc2ccc(N)cc2C)cc1OCC. The standard InChI is InChI=1S/C17H22N2O2/c1-4-20-16-9-7-14(11-17(16)21-5-2)19-15-8-6-13(18)10-12(15)3/h6-11,19H,4-5,18H2,1-3H3. The summed E-state index contributed by atoms with van der Waals surface area (Å²) in [5, 5.41) is 3.38. The summed E-state index contributed by atoms with van der Waals surface area (Å²) >= 11 is 0. The summed E-state index contributed by atoms with van der Waals surface area (Å²) in [6, 6.07) is 11.6. The van der Waals surface area contributed by atoms with E-state index >= 15 is 0 Å². The molecule has 2 aromatic carbocycles. The molecule has 112 valence electrons. The molecule has 0 heterocycles. The first-order chi connectivity index (χ1) is 10.1. The maximum atomic E-state index is 5.77. The van der Waals surface area contributed by atoms with Gasteiger partial charge >= 0.3 is 0 Å². The van der Waals surface area contributed by atoms with Crippen LogP contribution in [0.4, 0.5) is 17.1 Å². The fraction of sp³-hybridized carbons (Fsp3) is 0.294. The van der Waals surface area contributed by atoms with Crippen LogP contribution in [0.15, 0.2) is 36.4 Å². The van der Waals surface area contributed by atoms with Crippen LogP contribution in [-0.2, 0) is 0 Å².